The largest absolute Gasteiger partial charge is 0.444 e. The van der Waals surface area contributed by atoms with E-state index >= 15 is 0 Å². The topological polar surface area (TPSA) is 53.1 Å². The zero-order valence-electron chi connectivity index (χ0n) is 24.7. The van der Waals surface area contributed by atoms with E-state index in [0.717, 1.165) is 16.0 Å². The van der Waals surface area contributed by atoms with Crippen molar-refractivity contribution >= 4 is 12.1 Å². The van der Waals surface area contributed by atoms with Crippen LogP contribution in [0.3, 0.4) is 0 Å². The van der Waals surface area contributed by atoms with E-state index < -0.39 is 59.3 Å². The van der Waals surface area contributed by atoms with Crippen LogP contribution in [0.4, 0.5) is 35.9 Å². The minimum absolute atomic E-state index is 0.0635. The number of carbonyl (C=O) groups excluding carboxylic acids is 2. The number of ether oxygens (including phenoxy) is 1. The third-order valence-corrected chi connectivity index (χ3v) is 7.51. The van der Waals surface area contributed by atoms with Gasteiger partial charge in [0, 0.05) is 20.6 Å². The average Bonchev–Trinajstić information content (AvgIpc) is 2.89. The first-order valence-corrected chi connectivity index (χ1v) is 13.6. The van der Waals surface area contributed by atoms with E-state index in [1.54, 1.807) is 33.9 Å². The summed E-state index contributed by atoms with van der Waals surface area (Å²) in [5.41, 5.74) is -2.34. The summed E-state index contributed by atoms with van der Waals surface area (Å²) in [6.07, 6.45) is -9.55. The molecule has 3 atom stereocenters. The molecule has 1 aliphatic heterocycles. The van der Waals surface area contributed by atoms with Crippen LogP contribution >= 0.6 is 0 Å². The molecule has 0 aromatic heterocycles. The quantitative estimate of drug-likeness (QED) is 0.332. The Kier molecular flexibility index (Phi) is 9.48. The van der Waals surface area contributed by atoms with E-state index in [4.69, 9.17) is 4.74 Å². The van der Waals surface area contributed by atoms with Gasteiger partial charge in [0.1, 0.15) is 5.60 Å². The van der Waals surface area contributed by atoms with Gasteiger partial charge >= 0.3 is 24.5 Å². The van der Waals surface area contributed by atoms with Crippen molar-refractivity contribution in [2.24, 2.45) is 0 Å². The van der Waals surface area contributed by atoms with Crippen LogP contribution in [0.15, 0.2) is 42.5 Å². The number of piperidine rings is 1. The molecule has 0 saturated carbocycles. The van der Waals surface area contributed by atoms with Crippen LogP contribution in [0.5, 0.6) is 0 Å². The van der Waals surface area contributed by atoms with Gasteiger partial charge in [0.2, 0.25) is 0 Å². The van der Waals surface area contributed by atoms with Crippen LogP contribution in [0.1, 0.15) is 80.4 Å². The van der Waals surface area contributed by atoms with Crippen LogP contribution in [0, 0.1) is 6.92 Å². The van der Waals surface area contributed by atoms with Crippen LogP contribution in [0.25, 0.3) is 0 Å². The van der Waals surface area contributed by atoms with Gasteiger partial charge in [0.15, 0.2) is 0 Å². The highest BCUT2D eigenvalue weighted by Gasteiger charge is 2.43. The Balaban J connectivity index is 2.03. The molecule has 3 amide bonds. The lowest BCUT2D eigenvalue weighted by atomic mass is 9.87. The molecule has 1 fully saturated rings. The van der Waals surface area contributed by atoms with Gasteiger partial charge in [-0.05, 0) is 82.3 Å². The third kappa shape index (κ3) is 7.49. The van der Waals surface area contributed by atoms with Crippen LogP contribution in [0.2, 0.25) is 0 Å². The number of nitrogens with zero attached hydrogens (tertiary/aromatic N) is 3. The zero-order valence-corrected chi connectivity index (χ0v) is 24.7. The summed E-state index contributed by atoms with van der Waals surface area (Å²) in [6, 6.07) is 5.80. The van der Waals surface area contributed by atoms with Gasteiger partial charge in [0.25, 0.3) is 0 Å². The second kappa shape index (κ2) is 12.0. The van der Waals surface area contributed by atoms with E-state index in [-0.39, 0.29) is 18.2 Å². The van der Waals surface area contributed by atoms with Gasteiger partial charge in [-0.1, -0.05) is 24.3 Å². The number of amides is 3. The molecule has 2 aromatic carbocycles. The van der Waals surface area contributed by atoms with Gasteiger partial charge < -0.3 is 19.4 Å². The van der Waals surface area contributed by atoms with Crippen molar-refractivity contribution in [3.8, 4) is 0 Å². The maximum absolute atomic E-state index is 14.0. The van der Waals surface area contributed by atoms with E-state index in [2.05, 4.69) is 0 Å². The van der Waals surface area contributed by atoms with Gasteiger partial charge in [0.05, 0.1) is 29.3 Å². The molecule has 1 heterocycles. The molecule has 232 valence electrons. The first-order valence-electron chi connectivity index (χ1n) is 13.6. The smallest absolute Gasteiger partial charge is 0.416 e. The molecule has 12 heteroatoms. The van der Waals surface area contributed by atoms with Gasteiger partial charge in [-0.15, -0.1) is 0 Å². The van der Waals surface area contributed by atoms with Gasteiger partial charge in [-0.3, -0.25) is 0 Å². The fraction of sp³-hybridized carbons (Fsp3) is 0.533. The number of aryl methyl sites for hydroxylation is 1. The summed E-state index contributed by atoms with van der Waals surface area (Å²) >= 11 is 0. The van der Waals surface area contributed by atoms with Gasteiger partial charge in [-0.25, -0.2) is 9.59 Å². The van der Waals surface area contributed by atoms with Crippen molar-refractivity contribution in [2.45, 2.75) is 83.5 Å². The van der Waals surface area contributed by atoms with Crippen LogP contribution in [-0.4, -0.2) is 59.1 Å². The number of hydrogen-bond donors (Lipinski definition) is 0. The predicted octanol–water partition coefficient (Wildman–Crippen LogP) is 8.22. The monoisotopic (exact) mass is 601 g/mol. The SMILES string of the molecule is Cc1ccccc1C1C(N(C)C(=O)OC(C)(C)C)CCCN1C(=O)N(C)C(C)c1cc(C(F)(F)F)cc(C(F)(F)F)c1. The number of alkyl halides is 6. The Morgan fingerprint density at radius 2 is 1.50 bits per heavy atom. The molecule has 1 saturated heterocycles. The Morgan fingerprint density at radius 1 is 0.952 bits per heavy atom. The Morgan fingerprint density at radius 3 is 2.00 bits per heavy atom. The second-order valence-electron chi connectivity index (χ2n) is 11.7. The molecule has 0 radical (unpaired) electrons. The number of benzene rings is 2. The Hall–Kier alpha value is -3.44. The molecule has 0 spiro atoms. The highest BCUT2D eigenvalue weighted by Crippen LogP contribution is 2.40. The minimum atomic E-state index is -5.01. The molecule has 42 heavy (non-hydrogen) atoms. The summed E-state index contributed by atoms with van der Waals surface area (Å²) in [7, 11) is 2.93. The van der Waals surface area contributed by atoms with E-state index in [1.165, 1.54) is 23.8 Å². The van der Waals surface area contributed by atoms with Crippen molar-refractivity contribution < 1.29 is 40.7 Å². The molecule has 0 bridgehead atoms. The maximum Gasteiger partial charge on any atom is 0.416 e. The molecule has 0 aliphatic carbocycles. The molecular weight excluding hydrogens is 564 g/mol. The van der Waals surface area contributed by atoms with Crippen molar-refractivity contribution in [1.82, 2.24) is 14.7 Å². The number of hydrogen-bond acceptors (Lipinski definition) is 3. The summed E-state index contributed by atoms with van der Waals surface area (Å²) in [6.45, 7) is 8.73. The van der Waals surface area contributed by atoms with E-state index in [1.807, 2.05) is 25.1 Å². The molecule has 3 rings (SSSR count). The highest BCUT2D eigenvalue weighted by atomic mass is 19.4. The van der Waals surface area contributed by atoms with Crippen molar-refractivity contribution in [3.63, 3.8) is 0 Å². The number of carbonyl (C=O) groups is 2. The fourth-order valence-electron chi connectivity index (χ4n) is 5.17. The summed E-state index contributed by atoms with van der Waals surface area (Å²) < 4.78 is 86.7. The summed E-state index contributed by atoms with van der Waals surface area (Å²) in [5.74, 6) is 0. The first-order chi connectivity index (χ1) is 19.2. The number of likely N-dealkylation sites (tertiary alicyclic amines) is 1. The van der Waals surface area contributed by atoms with E-state index in [9.17, 15) is 35.9 Å². The molecule has 1 aliphatic rings. The first kappa shape index (κ1) is 33.1. The minimum Gasteiger partial charge on any atom is -0.444 e. The lowest BCUT2D eigenvalue weighted by Gasteiger charge is -2.47. The molecular formula is C30H37F6N3O3. The third-order valence-electron chi connectivity index (χ3n) is 7.51. The summed E-state index contributed by atoms with van der Waals surface area (Å²) in [4.78, 5) is 31.2. The average molecular weight is 602 g/mol. The Labute approximate surface area is 242 Å². The number of likely N-dealkylation sites (N-methyl/N-ethyl adjacent to an activating group) is 1. The van der Waals surface area contributed by atoms with Crippen molar-refractivity contribution in [3.05, 3.63) is 70.3 Å². The number of urea groups is 1. The molecule has 3 unspecified atom stereocenters. The van der Waals surface area contributed by atoms with Gasteiger partial charge in [-0.2, -0.15) is 26.3 Å². The van der Waals surface area contributed by atoms with Crippen LogP contribution in [-0.2, 0) is 17.1 Å². The lowest BCUT2D eigenvalue weighted by molar-refractivity contribution is -0.143. The molecule has 6 nitrogen and oxygen atoms in total. The van der Waals surface area contributed by atoms with Crippen molar-refractivity contribution in [1.29, 1.82) is 0 Å². The standard InChI is InChI=1S/C30H37F6N3O3/c1-18-11-8-9-12-23(18)25-24(38(7)27(41)42-28(3,4)5)13-10-14-39(25)26(40)37(6)19(2)20-15-21(29(31,32)33)17-22(16-20)30(34,35)36/h8-9,11-12,15-17,19,24-25H,10,13-14H2,1-7H3. The summed E-state index contributed by atoms with van der Waals surface area (Å²) in [5, 5.41) is 0. The Bertz CT molecular complexity index is 1260. The second-order valence-corrected chi connectivity index (χ2v) is 11.7. The van der Waals surface area contributed by atoms with Crippen molar-refractivity contribution in [2.75, 3.05) is 20.6 Å². The number of halogens is 6. The predicted molar refractivity (Wildman–Crippen MR) is 146 cm³/mol. The van der Waals surface area contributed by atoms with E-state index in [0.29, 0.717) is 25.0 Å². The maximum atomic E-state index is 14.0. The molecule has 2 aromatic rings. The zero-order chi connectivity index (χ0) is 31.8. The molecule has 0 N–H and O–H groups in total. The highest BCUT2D eigenvalue weighted by molar-refractivity contribution is 5.76. The normalized spacial score (nSPS) is 18.8. The number of rotatable bonds is 4. The fourth-order valence-corrected chi connectivity index (χ4v) is 5.17. The lowest BCUT2D eigenvalue weighted by Crippen LogP contribution is -2.55. The van der Waals surface area contributed by atoms with Crippen LogP contribution < -0.4 is 0 Å².